The largest absolute Gasteiger partial charge is 0.392 e. The van der Waals surface area contributed by atoms with Gasteiger partial charge < -0.3 is 25.4 Å². The third-order valence-electron chi connectivity index (χ3n) is 3.88. The third-order valence-corrected chi connectivity index (χ3v) is 3.88. The summed E-state index contributed by atoms with van der Waals surface area (Å²) in [6.07, 6.45) is 2.14. The molecule has 0 radical (unpaired) electrons. The van der Waals surface area contributed by atoms with Crippen molar-refractivity contribution in [3.8, 4) is 0 Å². The summed E-state index contributed by atoms with van der Waals surface area (Å²) >= 11 is 0. The normalized spacial score (nSPS) is 31.5. The zero-order valence-corrected chi connectivity index (χ0v) is 11.5. The van der Waals surface area contributed by atoms with E-state index in [9.17, 15) is 10.2 Å². The Kier molecular flexibility index (Phi) is 6.52. The van der Waals surface area contributed by atoms with Crippen LogP contribution in [0.3, 0.4) is 0 Å². The second kappa shape index (κ2) is 7.40. The van der Waals surface area contributed by atoms with Crippen molar-refractivity contribution in [1.82, 2.24) is 0 Å². The molecule has 18 heavy (non-hydrogen) atoms. The molecule has 4 atom stereocenters. The molecule has 0 aromatic rings. The summed E-state index contributed by atoms with van der Waals surface area (Å²) in [5.74, 6) is 0. The van der Waals surface area contributed by atoms with Crippen LogP contribution in [0.4, 0.5) is 0 Å². The molecule has 1 fully saturated rings. The molecule has 0 bridgehead atoms. The van der Waals surface area contributed by atoms with E-state index in [4.69, 9.17) is 15.2 Å². The number of hydrogen-bond acceptors (Lipinski definition) is 5. The quantitative estimate of drug-likeness (QED) is 0.584. The third kappa shape index (κ3) is 4.17. The van der Waals surface area contributed by atoms with Gasteiger partial charge in [-0.3, -0.25) is 0 Å². The van der Waals surface area contributed by atoms with Gasteiger partial charge in [-0.1, -0.05) is 6.42 Å². The fourth-order valence-electron chi connectivity index (χ4n) is 2.77. The first kappa shape index (κ1) is 15.9. The number of methoxy groups -OCH3 is 1. The predicted octanol–water partition coefficient (Wildman–Crippen LogP) is 0.279. The first-order valence-electron chi connectivity index (χ1n) is 6.71. The topological polar surface area (TPSA) is 84.9 Å². The van der Waals surface area contributed by atoms with Crippen molar-refractivity contribution in [2.75, 3.05) is 26.9 Å². The van der Waals surface area contributed by atoms with Crippen molar-refractivity contribution < 1.29 is 19.7 Å². The van der Waals surface area contributed by atoms with Crippen molar-refractivity contribution in [3.05, 3.63) is 0 Å². The van der Waals surface area contributed by atoms with Gasteiger partial charge in [0.2, 0.25) is 0 Å². The van der Waals surface area contributed by atoms with Crippen molar-refractivity contribution in [1.29, 1.82) is 0 Å². The van der Waals surface area contributed by atoms with Gasteiger partial charge in [0.05, 0.1) is 31.5 Å². The predicted molar refractivity (Wildman–Crippen MR) is 69.3 cm³/mol. The SMILES string of the molecule is COCC(C)OCC(O)CC1(CN)CCCC1O. The molecule has 1 aliphatic carbocycles. The minimum Gasteiger partial charge on any atom is -0.392 e. The van der Waals surface area contributed by atoms with Crippen LogP contribution in [0.15, 0.2) is 0 Å². The van der Waals surface area contributed by atoms with E-state index >= 15 is 0 Å². The van der Waals surface area contributed by atoms with E-state index in [0.717, 1.165) is 19.3 Å². The molecule has 1 rings (SSSR count). The van der Waals surface area contributed by atoms with Gasteiger partial charge in [0.15, 0.2) is 0 Å². The maximum absolute atomic E-state index is 10.0. The van der Waals surface area contributed by atoms with Gasteiger partial charge in [0.1, 0.15) is 0 Å². The average molecular weight is 261 g/mol. The van der Waals surface area contributed by atoms with E-state index in [-0.39, 0.29) is 18.1 Å². The van der Waals surface area contributed by atoms with E-state index < -0.39 is 12.2 Å². The van der Waals surface area contributed by atoms with Crippen molar-refractivity contribution in [2.45, 2.75) is 50.9 Å². The van der Waals surface area contributed by atoms with Gasteiger partial charge >= 0.3 is 0 Å². The molecular formula is C13H27NO4. The molecular weight excluding hydrogens is 234 g/mol. The van der Waals surface area contributed by atoms with Crippen LogP contribution in [0, 0.1) is 5.41 Å². The summed E-state index contributed by atoms with van der Waals surface area (Å²) in [4.78, 5) is 0. The van der Waals surface area contributed by atoms with Crippen LogP contribution in [0.1, 0.15) is 32.6 Å². The fraction of sp³-hybridized carbons (Fsp3) is 1.00. The van der Waals surface area contributed by atoms with Crippen LogP contribution in [0.5, 0.6) is 0 Å². The van der Waals surface area contributed by atoms with Crippen LogP contribution in [0.25, 0.3) is 0 Å². The molecule has 0 heterocycles. The zero-order chi connectivity index (χ0) is 13.6. The first-order chi connectivity index (χ1) is 8.54. The monoisotopic (exact) mass is 261 g/mol. The highest BCUT2D eigenvalue weighted by Gasteiger charge is 2.42. The molecule has 4 N–H and O–H groups in total. The summed E-state index contributed by atoms with van der Waals surface area (Å²) in [5.41, 5.74) is 5.45. The summed E-state index contributed by atoms with van der Waals surface area (Å²) in [7, 11) is 1.62. The van der Waals surface area contributed by atoms with E-state index in [1.54, 1.807) is 7.11 Å². The Morgan fingerprint density at radius 1 is 1.44 bits per heavy atom. The van der Waals surface area contributed by atoms with Gasteiger partial charge in [-0.15, -0.1) is 0 Å². The molecule has 1 saturated carbocycles. The highest BCUT2D eigenvalue weighted by atomic mass is 16.5. The Labute approximate surface area is 109 Å². The second-order valence-corrected chi connectivity index (χ2v) is 5.43. The Bertz CT molecular complexity index is 239. The van der Waals surface area contributed by atoms with Gasteiger partial charge in [-0.2, -0.15) is 0 Å². The molecule has 1 aliphatic rings. The number of nitrogens with two attached hydrogens (primary N) is 1. The number of aliphatic hydroxyl groups excluding tert-OH is 2. The summed E-state index contributed by atoms with van der Waals surface area (Å²) < 4.78 is 10.4. The lowest BCUT2D eigenvalue weighted by Gasteiger charge is -2.33. The summed E-state index contributed by atoms with van der Waals surface area (Å²) in [5, 5.41) is 20.0. The lowest BCUT2D eigenvalue weighted by atomic mass is 9.79. The van der Waals surface area contributed by atoms with Crippen LogP contribution in [-0.4, -0.2) is 55.4 Å². The molecule has 0 aromatic heterocycles. The molecule has 5 nitrogen and oxygen atoms in total. The van der Waals surface area contributed by atoms with Crippen LogP contribution in [-0.2, 0) is 9.47 Å². The number of ether oxygens (including phenoxy) is 2. The van der Waals surface area contributed by atoms with Gasteiger partial charge in [-0.05, 0) is 26.2 Å². The van der Waals surface area contributed by atoms with Crippen molar-refractivity contribution in [2.24, 2.45) is 11.1 Å². The summed E-state index contributed by atoms with van der Waals surface area (Å²) in [6.45, 7) is 3.09. The Morgan fingerprint density at radius 3 is 2.67 bits per heavy atom. The molecule has 5 heteroatoms. The van der Waals surface area contributed by atoms with E-state index in [1.165, 1.54) is 0 Å². The average Bonchev–Trinajstić information content (AvgIpc) is 2.69. The number of rotatable bonds is 8. The molecule has 0 spiro atoms. The molecule has 108 valence electrons. The molecule has 4 unspecified atom stereocenters. The van der Waals surface area contributed by atoms with E-state index in [1.807, 2.05) is 6.92 Å². The number of aliphatic hydroxyl groups is 2. The minimum absolute atomic E-state index is 0.0352. The lowest BCUT2D eigenvalue weighted by molar-refractivity contribution is -0.0558. The smallest absolute Gasteiger partial charge is 0.0781 e. The lowest BCUT2D eigenvalue weighted by Crippen LogP contribution is -2.41. The first-order valence-corrected chi connectivity index (χ1v) is 6.71. The van der Waals surface area contributed by atoms with E-state index in [0.29, 0.717) is 19.6 Å². The minimum atomic E-state index is -0.583. The van der Waals surface area contributed by atoms with Gasteiger partial charge in [-0.25, -0.2) is 0 Å². The molecule has 0 aromatic carbocycles. The standard InChI is InChI=1S/C13H27NO4/c1-10(7-17-2)18-8-11(15)6-13(9-14)5-3-4-12(13)16/h10-12,15-16H,3-9,14H2,1-2H3. The maximum atomic E-state index is 10.0. The highest BCUT2D eigenvalue weighted by Crippen LogP contribution is 2.41. The van der Waals surface area contributed by atoms with Crippen LogP contribution in [0.2, 0.25) is 0 Å². The van der Waals surface area contributed by atoms with Crippen LogP contribution < -0.4 is 5.73 Å². The highest BCUT2D eigenvalue weighted by molar-refractivity contribution is 4.94. The molecule has 0 saturated heterocycles. The maximum Gasteiger partial charge on any atom is 0.0781 e. The van der Waals surface area contributed by atoms with Crippen LogP contribution >= 0.6 is 0 Å². The number of hydrogen-bond donors (Lipinski definition) is 3. The second-order valence-electron chi connectivity index (χ2n) is 5.43. The van der Waals surface area contributed by atoms with Crippen molar-refractivity contribution >= 4 is 0 Å². The molecule has 0 aliphatic heterocycles. The fourth-order valence-corrected chi connectivity index (χ4v) is 2.77. The Morgan fingerprint density at radius 2 is 2.17 bits per heavy atom. The van der Waals surface area contributed by atoms with E-state index in [2.05, 4.69) is 0 Å². The van der Waals surface area contributed by atoms with Gasteiger partial charge in [0, 0.05) is 19.1 Å². The summed E-state index contributed by atoms with van der Waals surface area (Å²) in [6, 6.07) is 0. The van der Waals surface area contributed by atoms with Gasteiger partial charge in [0.25, 0.3) is 0 Å². The molecule has 0 amide bonds. The zero-order valence-electron chi connectivity index (χ0n) is 11.5. The Hall–Kier alpha value is -0.200. The Balaban J connectivity index is 2.36. The van der Waals surface area contributed by atoms with Crippen molar-refractivity contribution in [3.63, 3.8) is 0 Å².